The topological polar surface area (TPSA) is 61.0 Å². The molecule has 0 aromatic carbocycles. The molecule has 0 radical (unpaired) electrons. The van der Waals surface area contributed by atoms with Crippen molar-refractivity contribution in [2.45, 2.75) is 25.4 Å². The molecule has 0 bridgehead atoms. The second-order valence-electron chi connectivity index (χ2n) is 3.80. The summed E-state index contributed by atoms with van der Waals surface area (Å²) in [5.74, 6) is 2.52. The fraction of sp³-hybridized carbons (Fsp3) is 0.364. The van der Waals surface area contributed by atoms with Crippen molar-refractivity contribution in [2.24, 2.45) is 0 Å². The number of aromatic nitrogens is 3. The van der Waals surface area contributed by atoms with Crippen LogP contribution in [0.3, 0.4) is 0 Å². The first-order chi connectivity index (χ1) is 7.92. The molecule has 2 heterocycles. The Hall–Kier alpha value is -1.91. The van der Waals surface area contributed by atoms with E-state index in [1.165, 1.54) is 0 Å². The number of rotatable bonds is 4. The zero-order valence-electron chi connectivity index (χ0n) is 8.67. The second kappa shape index (κ2) is 3.92. The lowest BCUT2D eigenvalue weighted by Gasteiger charge is -2.00. The number of pyridine rings is 1. The van der Waals surface area contributed by atoms with Crippen LogP contribution < -0.4 is 4.74 Å². The molecule has 0 aliphatic heterocycles. The van der Waals surface area contributed by atoms with Crippen LogP contribution in [0, 0.1) is 0 Å². The first kappa shape index (κ1) is 9.33. The molecule has 2 aromatic heterocycles. The molecular formula is C11H11N3O2. The Morgan fingerprint density at radius 2 is 2.38 bits per heavy atom. The van der Waals surface area contributed by atoms with Crippen LogP contribution >= 0.6 is 0 Å². The summed E-state index contributed by atoms with van der Waals surface area (Å²) in [6, 6.07) is 3.66. The highest BCUT2D eigenvalue weighted by molar-refractivity contribution is 5.15. The van der Waals surface area contributed by atoms with E-state index in [1.807, 2.05) is 12.1 Å². The van der Waals surface area contributed by atoms with Gasteiger partial charge in [-0.25, -0.2) is 0 Å². The summed E-state index contributed by atoms with van der Waals surface area (Å²) < 4.78 is 10.6. The predicted molar refractivity (Wildman–Crippen MR) is 54.8 cm³/mol. The minimum Gasteiger partial charge on any atom is -0.484 e. The first-order valence-electron chi connectivity index (χ1n) is 5.27. The zero-order valence-corrected chi connectivity index (χ0v) is 8.67. The van der Waals surface area contributed by atoms with Crippen LogP contribution in [0.5, 0.6) is 5.75 Å². The molecule has 16 heavy (non-hydrogen) atoms. The highest BCUT2D eigenvalue weighted by Crippen LogP contribution is 2.38. The molecule has 2 aromatic rings. The van der Waals surface area contributed by atoms with Crippen LogP contribution in [-0.4, -0.2) is 15.1 Å². The van der Waals surface area contributed by atoms with Crippen molar-refractivity contribution in [2.75, 3.05) is 0 Å². The van der Waals surface area contributed by atoms with E-state index in [-0.39, 0.29) is 0 Å². The van der Waals surface area contributed by atoms with E-state index in [2.05, 4.69) is 15.1 Å². The van der Waals surface area contributed by atoms with Gasteiger partial charge in [0.1, 0.15) is 5.75 Å². The first-order valence-corrected chi connectivity index (χ1v) is 5.27. The van der Waals surface area contributed by atoms with E-state index in [4.69, 9.17) is 9.26 Å². The highest BCUT2D eigenvalue weighted by Gasteiger charge is 2.29. The molecule has 1 fully saturated rings. The average Bonchev–Trinajstić information content (AvgIpc) is 3.08. The van der Waals surface area contributed by atoms with E-state index in [0.717, 1.165) is 18.7 Å². The fourth-order valence-corrected chi connectivity index (χ4v) is 1.40. The van der Waals surface area contributed by atoms with E-state index in [0.29, 0.717) is 24.1 Å². The summed E-state index contributed by atoms with van der Waals surface area (Å²) in [7, 11) is 0. The van der Waals surface area contributed by atoms with Crippen molar-refractivity contribution in [3.63, 3.8) is 0 Å². The number of ether oxygens (including phenoxy) is 1. The number of hydrogen-bond acceptors (Lipinski definition) is 5. The molecule has 0 spiro atoms. The summed E-state index contributed by atoms with van der Waals surface area (Å²) in [5, 5.41) is 3.86. The van der Waals surface area contributed by atoms with Gasteiger partial charge in [-0.1, -0.05) is 5.16 Å². The molecule has 5 heteroatoms. The Morgan fingerprint density at radius 3 is 3.12 bits per heavy atom. The molecule has 0 unspecified atom stereocenters. The molecule has 3 rings (SSSR count). The van der Waals surface area contributed by atoms with Gasteiger partial charge in [0.2, 0.25) is 11.7 Å². The summed E-state index contributed by atoms with van der Waals surface area (Å²) in [5.41, 5.74) is 0. The van der Waals surface area contributed by atoms with Gasteiger partial charge in [0.25, 0.3) is 0 Å². The van der Waals surface area contributed by atoms with Gasteiger partial charge in [-0.15, -0.1) is 0 Å². The Bertz CT molecular complexity index is 465. The van der Waals surface area contributed by atoms with E-state index < -0.39 is 0 Å². The Labute approximate surface area is 92.5 Å². The standard InChI is InChI=1S/C11H11N3O2/c1-2-9(6-12-5-1)15-7-10-13-11(16-14-10)8-3-4-8/h1-2,5-6,8H,3-4,7H2. The highest BCUT2D eigenvalue weighted by atomic mass is 16.5. The van der Waals surface area contributed by atoms with Gasteiger partial charge in [-0.05, 0) is 25.0 Å². The number of nitrogens with zero attached hydrogens (tertiary/aromatic N) is 3. The lowest BCUT2D eigenvalue weighted by atomic mass is 10.4. The molecule has 0 amide bonds. The van der Waals surface area contributed by atoms with Crippen molar-refractivity contribution < 1.29 is 9.26 Å². The largest absolute Gasteiger partial charge is 0.484 e. The molecule has 0 saturated heterocycles. The Morgan fingerprint density at radius 1 is 1.44 bits per heavy atom. The monoisotopic (exact) mass is 217 g/mol. The van der Waals surface area contributed by atoms with Crippen LogP contribution in [0.25, 0.3) is 0 Å². The van der Waals surface area contributed by atoms with Gasteiger partial charge in [0.15, 0.2) is 6.61 Å². The normalized spacial score (nSPS) is 15.0. The molecule has 0 atom stereocenters. The Balaban J connectivity index is 1.61. The minimum absolute atomic E-state index is 0.321. The number of hydrogen-bond donors (Lipinski definition) is 0. The third-order valence-electron chi connectivity index (χ3n) is 2.41. The molecule has 0 N–H and O–H groups in total. The van der Waals surface area contributed by atoms with Gasteiger partial charge in [0, 0.05) is 12.1 Å². The lowest BCUT2D eigenvalue weighted by molar-refractivity contribution is 0.284. The van der Waals surface area contributed by atoms with Crippen molar-refractivity contribution >= 4 is 0 Å². The van der Waals surface area contributed by atoms with Crippen molar-refractivity contribution in [3.05, 3.63) is 36.2 Å². The fourth-order valence-electron chi connectivity index (χ4n) is 1.40. The van der Waals surface area contributed by atoms with Crippen LogP contribution in [0.2, 0.25) is 0 Å². The maximum absolute atomic E-state index is 5.46. The third-order valence-corrected chi connectivity index (χ3v) is 2.41. The molecule has 5 nitrogen and oxygen atoms in total. The van der Waals surface area contributed by atoms with E-state index >= 15 is 0 Å². The van der Waals surface area contributed by atoms with Gasteiger partial charge < -0.3 is 9.26 Å². The summed E-state index contributed by atoms with van der Waals surface area (Å²) in [6.07, 6.45) is 5.67. The third kappa shape index (κ3) is 2.03. The van der Waals surface area contributed by atoms with Gasteiger partial charge >= 0.3 is 0 Å². The average molecular weight is 217 g/mol. The summed E-state index contributed by atoms with van der Waals surface area (Å²) >= 11 is 0. The van der Waals surface area contributed by atoms with Gasteiger partial charge in [0.05, 0.1) is 6.20 Å². The maximum atomic E-state index is 5.46. The maximum Gasteiger partial charge on any atom is 0.229 e. The quantitative estimate of drug-likeness (QED) is 0.782. The molecular weight excluding hydrogens is 206 g/mol. The molecule has 1 aliphatic carbocycles. The molecule has 82 valence electrons. The van der Waals surface area contributed by atoms with Crippen molar-refractivity contribution in [3.8, 4) is 5.75 Å². The zero-order chi connectivity index (χ0) is 10.8. The van der Waals surface area contributed by atoms with Crippen LogP contribution in [0.4, 0.5) is 0 Å². The van der Waals surface area contributed by atoms with E-state index in [9.17, 15) is 0 Å². The molecule has 1 aliphatic rings. The van der Waals surface area contributed by atoms with Gasteiger partial charge in [-0.3, -0.25) is 4.98 Å². The smallest absolute Gasteiger partial charge is 0.229 e. The predicted octanol–water partition coefficient (Wildman–Crippen LogP) is 1.92. The SMILES string of the molecule is c1cncc(OCc2noc(C3CC3)n2)c1. The second-order valence-corrected chi connectivity index (χ2v) is 3.80. The summed E-state index contributed by atoms with van der Waals surface area (Å²) in [4.78, 5) is 8.22. The van der Waals surface area contributed by atoms with Gasteiger partial charge in [-0.2, -0.15) is 4.98 Å². The van der Waals surface area contributed by atoms with Crippen LogP contribution in [0.15, 0.2) is 29.0 Å². The van der Waals surface area contributed by atoms with Crippen molar-refractivity contribution in [1.82, 2.24) is 15.1 Å². The van der Waals surface area contributed by atoms with Crippen molar-refractivity contribution in [1.29, 1.82) is 0 Å². The minimum atomic E-state index is 0.321. The summed E-state index contributed by atoms with van der Waals surface area (Å²) in [6.45, 7) is 0.321. The van der Waals surface area contributed by atoms with Crippen LogP contribution in [-0.2, 0) is 6.61 Å². The Kier molecular flexibility index (Phi) is 2.29. The van der Waals surface area contributed by atoms with E-state index in [1.54, 1.807) is 12.4 Å². The molecule has 1 saturated carbocycles. The lowest BCUT2D eigenvalue weighted by Crippen LogP contribution is -1.97. The van der Waals surface area contributed by atoms with Crippen LogP contribution in [0.1, 0.15) is 30.5 Å².